The summed E-state index contributed by atoms with van der Waals surface area (Å²) in [6, 6.07) is 0. The van der Waals surface area contributed by atoms with E-state index in [1.54, 1.807) is 0 Å². The standard InChI is InChI=1S/C25H39F3O3/c1-15(31-14-21(29)25(26,27)28)18-7-8-19-17-6-5-16-13-22(2,30)11-12-23(16,3)20(17)9-10-24(18,19)4/h15-20,30H,5-14H2,1-4H3/t15-,16-,17?,18+,19?,20?,22-,23-,24+/m0/s1. The van der Waals surface area contributed by atoms with Crippen LogP contribution in [0.15, 0.2) is 0 Å². The summed E-state index contributed by atoms with van der Waals surface area (Å²) in [5.41, 5.74) is -0.156. The monoisotopic (exact) mass is 444 g/mol. The number of halogens is 3. The van der Waals surface area contributed by atoms with E-state index >= 15 is 0 Å². The van der Waals surface area contributed by atoms with Crippen LogP contribution < -0.4 is 0 Å². The molecule has 0 aliphatic heterocycles. The lowest BCUT2D eigenvalue weighted by Gasteiger charge is -2.62. The van der Waals surface area contributed by atoms with Gasteiger partial charge in [-0.25, -0.2) is 0 Å². The average molecular weight is 445 g/mol. The van der Waals surface area contributed by atoms with Crippen LogP contribution >= 0.6 is 0 Å². The summed E-state index contributed by atoms with van der Waals surface area (Å²) >= 11 is 0. The normalized spacial score (nSPS) is 48.5. The third-order valence-electron chi connectivity index (χ3n) is 10.4. The highest BCUT2D eigenvalue weighted by atomic mass is 19.4. The quantitative estimate of drug-likeness (QED) is 0.584. The number of ketones is 1. The van der Waals surface area contributed by atoms with Crippen molar-refractivity contribution >= 4 is 5.78 Å². The fourth-order valence-corrected chi connectivity index (χ4v) is 8.65. The molecular weight excluding hydrogens is 405 g/mol. The fourth-order valence-electron chi connectivity index (χ4n) is 8.65. The Balaban J connectivity index is 1.46. The molecule has 4 saturated carbocycles. The number of rotatable bonds is 4. The summed E-state index contributed by atoms with van der Waals surface area (Å²) in [4.78, 5) is 11.3. The molecule has 0 heterocycles. The molecule has 3 unspecified atom stereocenters. The zero-order valence-electron chi connectivity index (χ0n) is 19.4. The van der Waals surface area contributed by atoms with Gasteiger partial charge in [-0.2, -0.15) is 13.2 Å². The molecule has 4 rings (SSSR count). The lowest BCUT2D eigenvalue weighted by molar-refractivity contribution is -0.179. The molecule has 3 nitrogen and oxygen atoms in total. The van der Waals surface area contributed by atoms with E-state index in [1.165, 1.54) is 12.8 Å². The summed E-state index contributed by atoms with van der Waals surface area (Å²) in [6.45, 7) is 7.77. The van der Waals surface area contributed by atoms with Crippen molar-refractivity contribution < 1.29 is 27.8 Å². The van der Waals surface area contributed by atoms with Gasteiger partial charge in [0.05, 0.1) is 11.7 Å². The molecule has 0 aromatic carbocycles. The van der Waals surface area contributed by atoms with Gasteiger partial charge in [0.15, 0.2) is 0 Å². The minimum Gasteiger partial charge on any atom is -0.390 e. The van der Waals surface area contributed by atoms with E-state index in [2.05, 4.69) is 13.8 Å². The number of hydrogen-bond acceptors (Lipinski definition) is 3. The third-order valence-corrected chi connectivity index (χ3v) is 10.4. The van der Waals surface area contributed by atoms with Gasteiger partial charge in [0.1, 0.15) is 6.61 Å². The van der Waals surface area contributed by atoms with E-state index in [0.29, 0.717) is 29.1 Å². The maximum atomic E-state index is 12.6. The maximum Gasteiger partial charge on any atom is 0.452 e. The second-order valence-corrected chi connectivity index (χ2v) is 12.0. The summed E-state index contributed by atoms with van der Waals surface area (Å²) in [7, 11) is 0. The van der Waals surface area contributed by atoms with Gasteiger partial charge in [-0.1, -0.05) is 13.8 Å². The number of fused-ring (bicyclic) bond motifs is 5. The van der Waals surface area contributed by atoms with E-state index in [9.17, 15) is 23.1 Å². The van der Waals surface area contributed by atoms with Crippen LogP contribution in [0.2, 0.25) is 0 Å². The van der Waals surface area contributed by atoms with E-state index < -0.39 is 24.2 Å². The lowest BCUT2D eigenvalue weighted by Crippen LogP contribution is -2.55. The molecule has 0 bridgehead atoms. The van der Waals surface area contributed by atoms with Crippen molar-refractivity contribution in [3.8, 4) is 0 Å². The predicted molar refractivity (Wildman–Crippen MR) is 112 cm³/mol. The number of Topliss-reactive ketones (excluding diaryl/α,β-unsaturated/α-hetero) is 1. The van der Waals surface area contributed by atoms with Gasteiger partial charge < -0.3 is 9.84 Å². The van der Waals surface area contributed by atoms with Crippen molar-refractivity contribution in [1.29, 1.82) is 0 Å². The molecule has 9 atom stereocenters. The third kappa shape index (κ3) is 3.98. The fraction of sp³-hybridized carbons (Fsp3) is 0.960. The molecule has 0 radical (unpaired) electrons. The number of aliphatic hydroxyl groups is 1. The van der Waals surface area contributed by atoms with Crippen LogP contribution in [0.4, 0.5) is 13.2 Å². The highest BCUT2D eigenvalue weighted by Gasteiger charge is 2.61. The van der Waals surface area contributed by atoms with Crippen molar-refractivity contribution in [1.82, 2.24) is 0 Å². The Morgan fingerprint density at radius 3 is 2.35 bits per heavy atom. The molecule has 4 aliphatic carbocycles. The van der Waals surface area contributed by atoms with Crippen molar-refractivity contribution in [3.05, 3.63) is 0 Å². The van der Waals surface area contributed by atoms with Gasteiger partial charge in [-0.05, 0) is 112 Å². The van der Waals surface area contributed by atoms with Gasteiger partial charge in [-0.15, -0.1) is 0 Å². The molecule has 0 spiro atoms. The van der Waals surface area contributed by atoms with E-state index in [0.717, 1.165) is 44.9 Å². The maximum absolute atomic E-state index is 12.6. The SMILES string of the molecule is C[C@H](OCC(=O)C(F)(F)F)[C@H]1CCC2C3CC[C@H]4C[C@@](C)(O)CC[C@]4(C)C3CC[C@@]21C. The van der Waals surface area contributed by atoms with Gasteiger partial charge in [0.2, 0.25) is 0 Å². The summed E-state index contributed by atoms with van der Waals surface area (Å²) in [5, 5.41) is 10.6. The van der Waals surface area contributed by atoms with Crippen LogP contribution in [0.25, 0.3) is 0 Å². The molecule has 0 saturated heterocycles. The highest BCUT2D eigenvalue weighted by Crippen LogP contribution is 2.68. The van der Waals surface area contributed by atoms with Crippen LogP contribution in [0.5, 0.6) is 0 Å². The van der Waals surface area contributed by atoms with Crippen molar-refractivity contribution in [2.24, 2.45) is 40.4 Å². The molecule has 0 aromatic heterocycles. The van der Waals surface area contributed by atoms with Crippen LogP contribution in [0.1, 0.15) is 85.5 Å². The first-order valence-electron chi connectivity index (χ1n) is 12.2. The van der Waals surface area contributed by atoms with Crippen LogP contribution in [0.3, 0.4) is 0 Å². The second-order valence-electron chi connectivity index (χ2n) is 12.0. The first kappa shape index (κ1) is 23.5. The molecule has 0 amide bonds. The van der Waals surface area contributed by atoms with Crippen LogP contribution in [-0.2, 0) is 9.53 Å². The Hall–Kier alpha value is -0.620. The minimum absolute atomic E-state index is 0.0746. The average Bonchev–Trinajstić information content (AvgIpc) is 3.02. The lowest BCUT2D eigenvalue weighted by atomic mass is 9.44. The molecular formula is C25H39F3O3. The number of hydrogen-bond donors (Lipinski definition) is 1. The molecule has 4 fully saturated rings. The van der Waals surface area contributed by atoms with Crippen molar-refractivity contribution in [2.45, 2.75) is 103 Å². The Bertz CT molecular complexity index is 705. The topological polar surface area (TPSA) is 46.5 Å². The Morgan fingerprint density at radius 1 is 1.00 bits per heavy atom. The summed E-state index contributed by atoms with van der Waals surface area (Å²) in [6.07, 6.45) is 4.45. The largest absolute Gasteiger partial charge is 0.452 e. The Morgan fingerprint density at radius 2 is 1.68 bits per heavy atom. The summed E-state index contributed by atoms with van der Waals surface area (Å²) < 4.78 is 43.2. The van der Waals surface area contributed by atoms with Gasteiger partial charge in [-0.3, -0.25) is 4.79 Å². The number of ether oxygens (including phenoxy) is 1. The number of carbonyl (C=O) groups is 1. The molecule has 4 aliphatic rings. The molecule has 0 aromatic rings. The van der Waals surface area contributed by atoms with E-state index in [4.69, 9.17) is 4.74 Å². The van der Waals surface area contributed by atoms with Crippen molar-refractivity contribution in [3.63, 3.8) is 0 Å². The predicted octanol–water partition coefficient (Wildman–Crippen LogP) is 5.93. The van der Waals surface area contributed by atoms with Crippen LogP contribution in [0, 0.1) is 40.4 Å². The molecule has 1 N–H and O–H groups in total. The second kappa shape index (κ2) is 7.72. The van der Waals surface area contributed by atoms with Crippen LogP contribution in [-0.4, -0.2) is 35.4 Å². The number of alkyl halides is 3. The zero-order valence-corrected chi connectivity index (χ0v) is 19.4. The van der Waals surface area contributed by atoms with Gasteiger partial charge in [0.25, 0.3) is 5.78 Å². The summed E-state index contributed by atoms with van der Waals surface area (Å²) in [5.74, 6) is 0.939. The molecule has 31 heavy (non-hydrogen) atoms. The van der Waals surface area contributed by atoms with Gasteiger partial charge in [0, 0.05) is 0 Å². The van der Waals surface area contributed by atoms with Gasteiger partial charge >= 0.3 is 6.18 Å². The van der Waals surface area contributed by atoms with E-state index in [1.807, 2.05) is 13.8 Å². The Kier molecular flexibility index (Phi) is 5.86. The zero-order chi connectivity index (χ0) is 22.8. The first-order valence-corrected chi connectivity index (χ1v) is 12.2. The number of carbonyl (C=O) groups excluding carboxylic acids is 1. The first-order chi connectivity index (χ1) is 14.3. The Labute approximate surface area is 184 Å². The van der Waals surface area contributed by atoms with E-state index in [-0.39, 0.29) is 17.4 Å². The van der Waals surface area contributed by atoms with Crippen molar-refractivity contribution in [2.75, 3.05) is 6.61 Å². The minimum atomic E-state index is -4.82. The molecule has 178 valence electrons. The highest BCUT2D eigenvalue weighted by molar-refractivity contribution is 5.85. The molecule has 6 heteroatoms. The smallest absolute Gasteiger partial charge is 0.390 e.